The van der Waals surface area contributed by atoms with Crippen molar-refractivity contribution in [2.75, 3.05) is 25.6 Å². The maximum atomic E-state index is 12.3. The van der Waals surface area contributed by atoms with Crippen LogP contribution in [0.1, 0.15) is 16.2 Å². The molecule has 2 N–H and O–H groups in total. The van der Waals surface area contributed by atoms with E-state index < -0.39 is 36.4 Å². The van der Waals surface area contributed by atoms with Crippen molar-refractivity contribution < 1.29 is 26.7 Å². The Balaban J connectivity index is 3.17. The highest BCUT2D eigenvalue weighted by molar-refractivity contribution is 7.91. The molecule has 0 radical (unpaired) electrons. The van der Waals surface area contributed by atoms with Crippen molar-refractivity contribution in [1.82, 2.24) is 14.5 Å². The van der Waals surface area contributed by atoms with Crippen LogP contribution in [-0.2, 0) is 19.9 Å². The lowest BCUT2D eigenvalue weighted by molar-refractivity contribution is 0.0686. The molecule has 0 aliphatic rings. The molecule has 114 valence electrons. The summed E-state index contributed by atoms with van der Waals surface area (Å²) >= 11 is 0. The first-order valence-corrected chi connectivity index (χ1v) is 8.89. The van der Waals surface area contributed by atoms with E-state index in [0.717, 1.165) is 10.6 Å². The highest BCUT2D eigenvalue weighted by Gasteiger charge is 2.31. The summed E-state index contributed by atoms with van der Waals surface area (Å²) in [6, 6.07) is 0. The number of nitrogens with zero attached hydrogens (tertiary/aromatic N) is 2. The van der Waals surface area contributed by atoms with Crippen molar-refractivity contribution in [3.05, 3.63) is 11.4 Å². The SMILES string of the molecule is Cc1[nH]nc(C(=O)O)c1S(=O)(=O)N(C)CCS(C)(=O)=O. The van der Waals surface area contributed by atoms with Gasteiger partial charge in [-0.1, -0.05) is 0 Å². The van der Waals surface area contributed by atoms with E-state index in [-0.39, 0.29) is 18.0 Å². The fraction of sp³-hybridized carbons (Fsp3) is 0.556. The number of aromatic nitrogens is 2. The molecule has 0 aliphatic carbocycles. The van der Waals surface area contributed by atoms with Crippen LogP contribution in [0.4, 0.5) is 0 Å². The molecule has 11 heteroatoms. The zero-order valence-corrected chi connectivity index (χ0v) is 12.7. The van der Waals surface area contributed by atoms with Crippen molar-refractivity contribution >= 4 is 25.8 Å². The molecule has 0 fully saturated rings. The Hall–Kier alpha value is -1.46. The van der Waals surface area contributed by atoms with Gasteiger partial charge in [-0.25, -0.2) is 21.6 Å². The van der Waals surface area contributed by atoms with Crippen molar-refractivity contribution in [3.63, 3.8) is 0 Å². The van der Waals surface area contributed by atoms with Crippen LogP contribution < -0.4 is 0 Å². The van der Waals surface area contributed by atoms with Gasteiger partial charge in [0.2, 0.25) is 10.0 Å². The average molecular weight is 325 g/mol. The Labute approximate surface area is 116 Å². The minimum absolute atomic E-state index is 0.0774. The van der Waals surface area contributed by atoms with Gasteiger partial charge in [0, 0.05) is 19.8 Å². The smallest absolute Gasteiger partial charge is 0.357 e. The highest BCUT2D eigenvalue weighted by atomic mass is 32.2. The summed E-state index contributed by atoms with van der Waals surface area (Å²) in [7, 11) is -6.28. The number of aromatic carboxylic acids is 1. The molecule has 0 unspecified atom stereocenters. The number of carboxylic acid groups (broad SMARTS) is 1. The number of hydrogen-bond donors (Lipinski definition) is 2. The zero-order chi connectivity index (χ0) is 15.7. The Morgan fingerprint density at radius 1 is 1.35 bits per heavy atom. The van der Waals surface area contributed by atoms with Crippen LogP contribution in [0.25, 0.3) is 0 Å². The van der Waals surface area contributed by atoms with Gasteiger partial charge in [0.1, 0.15) is 14.7 Å². The van der Waals surface area contributed by atoms with Crippen LogP contribution in [0.5, 0.6) is 0 Å². The lowest BCUT2D eigenvalue weighted by atomic mass is 10.4. The summed E-state index contributed by atoms with van der Waals surface area (Å²) in [5.74, 6) is -1.84. The largest absolute Gasteiger partial charge is 0.476 e. The number of aromatic amines is 1. The lowest BCUT2D eigenvalue weighted by Crippen LogP contribution is -2.32. The minimum atomic E-state index is -4.13. The Morgan fingerprint density at radius 3 is 2.35 bits per heavy atom. The lowest BCUT2D eigenvalue weighted by Gasteiger charge is -2.16. The fourth-order valence-electron chi connectivity index (χ4n) is 1.45. The van der Waals surface area contributed by atoms with Crippen molar-refractivity contribution in [3.8, 4) is 0 Å². The van der Waals surface area contributed by atoms with Crippen molar-refractivity contribution in [2.45, 2.75) is 11.8 Å². The maximum Gasteiger partial charge on any atom is 0.357 e. The number of rotatable bonds is 6. The molecule has 0 saturated carbocycles. The first-order valence-electron chi connectivity index (χ1n) is 5.39. The molecule has 0 aromatic carbocycles. The molecule has 0 saturated heterocycles. The molecule has 0 amide bonds. The monoisotopic (exact) mass is 325 g/mol. The molecule has 0 atom stereocenters. The molecule has 0 spiro atoms. The van der Waals surface area contributed by atoms with E-state index in [0.29, 0.717) is 0 Å². The van der Waals surface area contributed by atoms with E-state index in [2.05, 4.69) is 10.2 Å². The number of H-pyrrole nitrogens is 1. The fourth-order valence-corrected chi connectivity index (χ4v) is 3.62. The molecule has 0 bridgehead atoms. The third kappa shape index (κ3) is 3.55. The van der Waals surface area contributed by atoms with E-state index in [1.165, 1.54) is 14.0 Å². The van der Waals surface area contributed by atoms with E-state index in [1.54, 1.807) is 0 Å². The summed E-state index contributed by atoms with van der Waals surface area (Å²) in [6.07, 6.45) is 0.985. The molecule has 0 aliphatic heterocycles. The molecular formula is C9H15N3O6S2. The van der Waals surface area contributed by atoms with Crippen LogP contribution in [0.3, 0.4) is 0 Å². The van der Waals surface area contributed by atoms with Gasteiger partial charge >= 0.3 is 5.97 Å². The third-order valence-corrected chi connectivity index (χ3v) is 5.48. The van der Waals surface area contributed by atoms with Gasteiger partial charge in [0.05, 0.1) is 11.4 Å². The van der Waals surface area contributed by atoms with Gasteiger partial charge in [-0.15, -0.1) is 0 Å². The van der Waals surface area contributed by atoms with Crippen LogP contribution in [0, 0.1) is 6.92 Å². The molecular weight excluding hydrogens is 310 g/mol. The quantitative estimate of drug-likeness (QED) is 0.690. The number of carboxylic acids is 1. The molecule has 20 heavy (non-hydrogen) atoms. The molecule has 1 heterocycles. The zero-order valence-electron chi connectivity index (χ0n) is 11.1. The van der Waals surface area contributed by atoms with E-state index >= 15 is 0 Å². The van der Waals surface area contributed by atoms with Crippen molar-refractivity contribution in [1.29, 1.82) is 0 Å². The van der Waals surface area contributed by atoms with Crippen LogP contribution >= 0.6 is 0 Å². The second kappa shape index (κ2) is 5.50. The first kappa shape index (κ1) is 16.6. The normalized spacial score (nSPS) is 12.8. The molecule has 1 aromatic rings. The summed E-state index contributed by atoms with van der Waals surface area (Å²) in [4.78, 5) is 10.5. The van der Waals surface area contributed by atoms with Crippen LogP contribution in [-0.4, -0.2) is 68.0 Å². The van der Waals surface area contributed by atoms with Crippen molar-refractivity contribution in [2.24, 2.45) is 0 Å². The first-order chi connectivity index (χ1) is 8.97. The van der Waals surface area contributed by atoms with Gasteiger partial charge in [-0.2, -0.15) is 9.40 Å². The molecule has 9 nitrogen and oxygen atoms in total. The van der Waals surface area contributed by atoms with E-state index in [4.69, 9.17) is 5.11 Å². The summed E-state index contributed by atoms with van der Waals surface area (Å²) < 4.78 is 47.4. The maximum absolute atomic E-state index is 12.3. The second-order valence-corrected chi connectivity index (χ2v) is 8.53. The van der Waals surface area contributed by atoms with Gasteiger partial charge in [0.15, 0.2) is 5.69 Å². The number of nitrogens with one attached hydrogen (secondary N) is 1. The Bertz CT molecular complexity index is 719. The molecule has 1 rings (SSSR count). The number of sulfonamides is 1. The van der Waals surface area contributed by atoms with Crippen LogP contribution in [0.2, 0.25) is 0 Å². The summed E-state index contributed by atoms with van der Waals surface area (Å²) in [5, 5.41) is 14.6. The minimum Gasteiger partial charge on any atom is -0.476 e. The Morgan fingerprint density at radius 2 is 1.90 bits per heavy atom. The highest BCUT2D eigenvalue weighted by Crippen LogP contribution is 2.21. The van der Waals surface area contributed by atoms with E-state index in [9.17, 15) is 21.6 Å². The number of aryl methyl sites for hydroxylation is 1. The topological polar surface area (TPSA) is 138 Å². The van der Waals surface area contributed by atoms with Crippen LogP contribution in [0.15, 0.2) is 4.90 Å². The second-order valence-electron chi connectivity index (χ2n) is 4.29. The summed E-state index contributed by atoms with van der Waals surface area (Å²) in [5.41, 5.74) is -0.540. The number of sulfone groups is 1. The van der Waals surface area contributed by atoms with Gasteiger partial charge in [-0.3, -0.25) is 5.10 Å². The predicted octanol–water partition coefficient (Wildman–Crippen LogP) is -0.919. The average Bonchev–Trinajstić information content (AvgIpc) is 2.67. The number of hydrogen-bond acceptors (Lipinski definition) is 6. The number of carbonyl (C=O) groups is 1. The predicted molar refractivity (Wildman–Crippen MR) is 69.8 cm³/mol. The van der Waals surface area contributed by atoms with Gasteiger partial charge < -0.3 is 5.11 Å². The third-order valence-electron chi connectivity index (χ3n) is 2.54. The molecule has 1 aromatic heterocycles. The summed E-state index contributed by atoms with van der Waals surface area (Å²) in [6.45, 7) is 1.10. The van der Waals surface area contributed by atoms with Gasteiger partial charge in [0.25, 0.3) is 0 Å². The van der Waals surface area contributed by atoms with E-state index in [1.807, 2.05) is 0 Å². The Kier molecular flexibility index (Phi) is 4.56. The standard InChI is InChI=1S/C9H15N3O6S2/c1-6-8(7(9(13)14)11-10-6)20(17,18)12(2)4-5-19(3,15)16/h4-5H2,1-3H3,(H,10,11)(H,13,14). The van der Waals surface area contributed by atoms with Gasteiger partial charge in [-0.05, 0) is 6.92 Å².